The van der Waals surface area contributed by atoms with Crippen LogP contribution in [0.3, 0.4) is 0 Å². The molecule has 0 atom stereocenters. The third-order valence-corrected chi connectivity index (χ3v) is 2.01. The van der Waals surface area contributed by atoms with Crippen LogP contribution in [0.5, 0.6) is 0 Å². The number of benzene rings is 1. The summed E-state index contributed by atoms with van der Waals surface area (Å²) in [6.45, 7) is 1.48. The highest BCUT2D eigenvalue weighted by Crippen LogP contribution is 2.13. The molecule has 1 N–H and O–H groups in total. The number of nitro benzene ring substituents is 1. The number of amides is 1. The minimum atomic E-state index is -1.40. The van der Waals surface area contributed by atoms with Crippen LogP contribution in [0.15, 0.2) is 24.3 Å². The molecule has 0 aliphatic carbocycles. The molecule has 0 radical (unpaired) electrons. The highest BCUT2D eigenvalue weighted by Gasteiger charge is 2.17. The van der Waals surface area contributed by atoms with Gasteiger partial charge in [-0.1, -0.05) is 0 Å². The minimum Gasteiger partial charge on any atom is -0.463 e. The Balaban J connectivity index is 2.78. The number of hydrogen-bond acceptors (Lipinski definition) is 5. The highest BCUT2D eigenvalue weighted by atomic mass is 16.7. The summed E-state index contributed by atoms with van der Waals surface area (Å²) in [7, 11) is 0. The van der Waals surface area contributed by atoms with Crippen molar-refractivity contribution in [3.63, 3.8) is 0 Å². The Labute approximate surface area is 101 Å². The van der Waals surface area contributed by atoms with E-state index >= 15 is 0 Å². The Morgan fingerprint density at radius 3 is 2.33 bits per heavy atom. The molecule has 1 aromatic rings. The van der Waals surface area contributed by atoms with Crippen LogP contribution in [0.2, 0.25) is 0 Å². The molecule has 0 aromatic heterocycles. The summed E-state index contributed by atoms with van der Waals surface area (Å²) in [5.41, 5.74) is -0.141. The van der Waals surface area contributed by atoms with Crippen molar-refractivity contribution in [1.82, 2.24) is 5.06 Å². The molecule has 0 heterocycles. The van der Waals surface area contributed by atoms with E-state index in [0.29, 0.717) is 5.06 Å². The molecule has 1 amide bonds. The Hall–Kier alpha value is -2.64. The van der Waals surface area contributed by atoms with E-state index in [1.54, 1.807) is 0 Å². The van der Waals surface area contributed by atoms with Gasteiger partial charge in [0.2, 0.25) is 0 Å². The van der Waals surface area contributed by atoms with Crippen molar-refractivity contribution in [2.75, 3.05) is 6.54 Å². The van der Waals surface area contributed by atoms with Gasteiger partial charge in [0.25, 0.3) is 5.69 Å². The molecule has 0 aliphatic rings. The van der Waals surface area contributed by atoms with E-state index in [9.17, 15) is 19.7 Å². The van der Waals surface area contributed by atoms with Gasteiger partial charge in [0.05, 0.1) is 17.0 Å². The van der Waals surface area contributed by atoms with Crippen molar-refractivity contribution in [3.8, 4) is 0 Å². The van der Waals surface area contributed by atoms with Crippen LogP contribution >= 0.6 is 0 Å². The normalized spacial score (nSPS) is 9.61. The number of hydroxylamine groups is 2. The van der Waals surface area contributed by atoms with Crippen LogP contribution in [0.4, 0.5) is 10.5 Å². The van der Waals surface area contributed by atoms with Crippen LogP contribution < -0.4 is 0 Å². The molecule has 0 fully saturated rings. The maximum atomic E-state index is 11.5. The largest absolute Gasteiger partial charge is 0.463 e. The number of carbonyl (C=O) groups excluding carboxylic acids is 1. The van der Waals surface area contributed by atoms with Gasteiger partial charge in [0, 0.05) is 12.1 Å². The molecule has 0 aliphatic heterocycles. The predicted molar refractivity (Wildman–Crippen MR) is 58.9 cm³/mol. The molecule has 0 saturated heterocycles. The monoisotopic (exact) mass is 254 g/mol. The van der Waals surface area contributed by atoms with Crippen molar-refractivity contribution < 1.29 is 24.5 Å². The molecule has 0 spiro atoms. The summed E-state index contributed by atoms with van der Waals surface area (Å²) in [4.78, 5) is 36.5. The van der Waals surface area contributed by atoms with Crippen molar-refractivity contribution in [2.24, 2.45) is 0 Å². The van der Waals surface area contributed by atoms with Gasteiger partial charge in [-0.2, -0.15) is 0 Å². The molecule has 96 valence electrons. The number of hydrogen-bond donors (Lipinski definition) is 1. The fourth-order valence-electron chi connectivity index (χ4n) is 1.11. The molecule has 8 heteroatoms. The lowest BCUT2D eigenvalue weighted by Crippen LogP contribution is -2.32. The minimum absolute atomic E-state index is 0.0198. The zero-order valence-electron chi connectivity index (χ0n) is 9.40. The van der Waals surface area contributed by atoms with E-state index in [0.717, 1.165) is 12.1 Å². The van der Waals surface area contributed by atoms with Crippen LogP contribution in [-0.2, 0) is 4.84 Å². The Bertz CT molecular complexity index is 470. The fraction of sp³-hybridized carbons (Fsp3) is 0.200. The Morgan fingerprint density at radius 2 is 1.94 bits per heavy atom. The zero-order chi connectivity index (χ0) is 13.7. The number of carboxylic acid groups (broad SMARTS) is 1. The quantitative estimate of drug-likeness (QED) is 0.648. The van der Waals surface area contributed by atoms with E-state index in [1.807, 2.05) is 0 Å². The van der Waals surface area contributed by atoms with Gasteiger partial charge in [0.1, 0.15) is 0 Å². The Morgan fingerprint density at radius 1 is 1.39 bits per heavy atom. The summed E-state index contributed by atoms with van der Waals surface area (Å²) in [5.74, 6) is -0.894. The van der Waals surface area contributed by atoms with Crippen LogP contribution in [0.25, 0.3) is 0 Å². The summed E-state index contributed by atoms with van der Waals surface area (Å²) >= 11 is 0. The second kappa shape index (κ2) is 5.62. The SMILES string of the molecule is CCN(OC(=O)c1ccc([N+](=O)[O-])cc1)C(=O)O. The summed E-state index contributed by atoms with van der Waals surface area (Å²) in [6.07, 6.45) is -1.40. The van der Waals surface area contributed by atoms with Gasteiger partial charge in [-0.15, -0.1) is 5.06 Å². The van der Waals surface area contributed by atoms with Gasteiger partial charge >= 0.3 is 12.1 Å². The van der Waals surface area contributed by atoms with Crippen LogP contribution in [0, 0.1) is 10.1 Å². The summed E-state index contributed by atoms with van der Waals surface area (Å²) in [6, 6.07) is 4.65. The van der Waals surface area contributed by atoms with E-state index in [1.165, 1.54) is 19.1 Å². The summed E-state index contributed by atoms with van der Waals surface area (Å²) < 4.78 is 0. The molecule has 8 nitrogen and oxygen atoms in total. The maximum Gasteiger partial charge on any atom is 0.440 e. The number of nitro groups is 1. The van der Waals surface area contributed by atoms with E-state index in [2.05, 4.69) is 4.84 Å². The average molecular weight is 254 g/mol. The van der Waals surface area contributed by atoms with Gasteiger partial charge in [-0.3, -0.25) is 10.1 Å². The van der Waals surface area contributed by atoms with Gasteiger partial charge < -0.3 is 9.94 Å². The molecule has 0 saturated carbocycles. The van der Waals surface area contributed by atoms with Gasteiger partial charge in [-0.05, 0) is 19.1 Å². The van der Waals surface area contributed by atoms with E-state index in [-0.39, 0.29) is 17.8 Å². The topological polar surface area (TPSA) is 110 Å². The van der Waals surface area contributed by atoms with Crippen molar-refractivity contribution >= 4 is 17.7 Å². The average Bonchev–Trinajstić information content (AvgIpc) is 2.35. The van der Waals surface area contributed by atoms with Crippen molar-refractivity contribution in [2.45, 2.75) is 6.92 Å². The first-order valence-electron chi connectivity index (χ1n) is 4.93. The highest BCUT2D eigenvalue weighted by molar-refractivity contribution is 5.90. The summed E-state index contributed by atoms with van der Waals surface area (Å²) in [5, 5.41) is 19.5. The van der Waals surface area contributed by atoms with E-state index in [4.69, 9.17) is 5.11 Å². The van der Waals surface area contributed by atoms with Crippen LogP contribution in [-0.4, -0.2) is 33.7 Å². The van der Waals surface area contributed by atoms with Gasteiger partial charge in [-0.25, -0.2) is 9.59 Å². The first-order valence-corrected chi connectivity index (χ1v) is 4.93. The smallest absolute Gasteiger partial charge is 0.440 e. The third kappa shape index (κ3) is 3.17. The molecule has 0 bridgehead atoms. The molecule has 1 aromatic carbocycles. The number of carbonyl (C=O) groups is 2. The van der Waals surface area contributed by atoms with Crippen LogP contribution in [0.1, 0.15) is 17.3 Å². The van der Waals surface area contributed by atoms with E-state index < -0.39 is 17.0 Å². The second-order valence-corrected chi connectivity index (χ2v) is 3.16. The number of nitrogens with zero attached hydrogens (tertiary/aromatic N) is 2. The first kappa shape index (κ1) is 13.4. The second-order valence-electron chi connectivity index (χ2n) is 3.16. The van der Waals surface area contributed by atoms with Crippen molar-refractivity contribution in [1.29, 1.82) is 0 Å². The lowest BCUT2D eigenvalue weighted by atomic mass is 10.2. The predicted octanol–water partition coefficient (Wildman–Crippen LogP) is 1.67. The fourth-order valence-corrected chi connectivity index (χ4v) is 1.11. The van der Waals surface area contributed by atoms with Crippen molar-refractivity contribution in [3.05, 3.63) is 39.9 Å². The lowest BCUT2D eigenvalue weighted by molar-refractivity contribution is -0.384. The maximum absolute atomic E-state index is 11.5. The zero-order valence-corrected chi connectivity index (χ0v) is 9.40. The van der Waals surface area contributed by atoms with Gasteiger partial charge in [0.15, 0.2) is 0 Å². The Kier molecular flexibility index (Phi) is 4.19. The number of rotatable bonds is 3. The molecular formula is C10H10N2O6. The molecule has 18 heavy (non-hydrogen) atoms. The standard InChI is InChI=1S/C10H10N2O6/c1-2-11(10(14)15)18-9(13)7-3-5-8(6-4-7)12(16)17/h3-6H,2H2,1H3,(H,14,15). The lowest BCUT2D eigenvalue weighted by Gasteiger charge is -2.15. The molecule has 1 rings (SSSR count). The first-order chi connectivity index (χ1) is 8.45. The number of non-ortho nitro benzene ring substituents is 1. The molecular weight excluding hydrogens is 244 g/mol. The molecule has 0 unspecified atom stereocenters. The third-order valence-electron chi connectivity index (χ3n) is 2.01.